The van der Waals surface area contributed by atoms with Gasteiger partial charge < -0.3 is 14.3 Å². The lowest BCUT2D eigenvalue weighted by atomic mass is 9.93. The Morgan fingerprint density at radius 3 is 2.54 bits per heavy atom. The molecule has 2 aliphatic rings. The van der Waals surface area contributed by atoms with E-state index in [4.69, 9.17) is 4.43 Å². The molecule has 4 atom stereocenters. The van der Waals surface area contributed by atoms with Crippen LogP contribution in [0.4, 0.5) is 5.82 Å². The van der Waals surface area contributed by atoms with Crippen LogP contribution in [0.15, 0.2) is 12.7 Å². The number of anilines is 1. The first-order valence-corrected chi connectivity index (χ1v) is 12.6. The summed E-state index contributed by atoms with van der Waals surface area (Å²) in [4.78, 5) is 13.3. The van der Waals surface area contributed by atoms with E-state index < -0.39 is 8.32 Å². The number of imidazole rings is 1. The molecule has 4 rings (SSSR count). The fourth-order valence-corrected chi connectivity index (χ4v) is 5.73. The molecule has 2 aliphatic carbocycles. The molecule has 0 spiro atoms. The zero-order chi connectivity index (χ0) is 18.7. The highest BCUT2D eigenvalue weighted by Crippen LogP contribution is 2.50. The summed E-state index contributed by atoms with van der Waals surface area (Å²) in [6.07, 6.45) is 7.48. The molecule has 6 nitrogen and oxygen atoms in total. The Labute approximate surface area is 156 Å². The van der Waals surface area contributed by atoms with Crippen LogP contribution in [-0.2, 0) is 11.5 Å². The summed E-state index contributed by atoms with van der Waals surface area (Å²) in [5.41, 5.74) is 1.75. The molecule has 0 aromatic carbocycles. The maximum Gasteiger partial charge on any atom is 0.192 e. The van der Waals surface area contributed by atoms with Crippen LogP contribution in [0.2, 0.25) is 18.1 Å². The van der Waals surface area contributed by atoms with Crippen molar-refractivity contribution >= 4 is 25.3 Å². The van der Waals surface area contributed by atoms with Crippen molar-refractivity contribution in [1.82, 2.24) is 19.5 Å². The molecular formula is C19H31N5OSi. The quantitative estimate of drug-likeness (QED) is 0.822. The molecule has 0 aliphatic heterocycles. The lowest BCUT2D eigenvalue weighted by Crippen LogP contribution is -2.46. The lowest BCUT2D eigenvalue weighted by molar-refractivity contribution is 0.118. The minimum absolute atomic E-state index is 0.276. The topological polar surface area (TPSA) is 64.9 Å². The SMILES string of the molecule is Cn1cnc2c(NC3CC4CC3CC4O[Si](C)(C)C(C)(C)C)ncnc21. The van der Waals surface area contributed by atoms with Gasteiger partial charge in [0.05, 0.1) is 6.33 Å². The Balaban J connectivity index is 1.44. The second-order valence-electron chi connectivity index (χ2n) is 9.64. The molecule has 7 heteroatoms. The molecule has 2 aromatic heterocycles. The molecule has 26 heavy (non-hydrogen) atoms. The number of nitrogens with one attached hydrogen (secondary N) is 1. The first-order chi connectivity index (χ1) is 12.2. The number of hydrogen-bond donors (Lipinski definition) is 1. The molecule has 2 bridgehead atoms. The van der Waals surface area contributed by atoms with Gasteiger partial charge in [0.2, 0.25) is 0 Å². The van der Waals surface area contributed by atoms with Crippen LogP contribution in [-0.4, -0.2) is 40.0 Å². The predicted octanol–water partition coefficient (Wildman–Crippen LogP) is 3.96. The van der Waals surface area contributed by atoms with Gasteiger partial charge in [0.15, 0.2) is 19.8 Å². The van der Waals surface area contributed by atoms with Crippen molar-refractivity contribution < 1.29 is 4.43 Å². The molecular weight excluding hydrogens is 342 g/mol. The number of hydrogen-bond acceptors (Lipinski definition) is 5. The highest BCUT2D eigenvalue weighted by Gasteiger charge is 2.50. The Bertz CT molecular complexity index is 812. The third kappa shape index (κ3) is 2.95. The van der Waals surface area contributed by atoms with E-state index in [1.54, 1.807) is 12.7 Å². The van der Waals surface area contributed by atoms with Gasteiger partial charge in [-0.25, -0.2) is 15.0 Å². The van der Waals surface area contributed by atoms with Crippen LogP contribution in [0.1, 0.15) is 40.0 Å². The highest BCUT2D eigenvalue weighted by atomic mass is 28.4. The highest BCUT2D eigenvalue weighted by molar-refractivity contribution is 6.74. The number of aryl methyl sites for hydroxylation is 1. The molecule has 0 radical (unpaired) electrons. The van der Waals surface area contributed by atoms with Crippen molar-refractivity contribution in [2.75, 3.05) is 5.32 Å². The van der Waals surface area contributed by atoms with Gasteiger partial charge in [0, 0.05) is 19.2 Å². The van der Waals surface area contributed by atoms with E-state index in [-0.39, 0.29) is 5.04 Å². The fraction of sp³-hybridized carbons (Fsp3) is 0.737. The van der Waals surface area contributed by atoms with E-state index in [0.29, 0.717) is 24.0 Å². The molecule has 2 saturated carbocycles. The predicted molar refractivity (Wildman–Crippen MR) is 107 cm³/mol. The van der Waals surface area contributed by atoms with E-state index >= 15 is 0 Å². The number of aromatic nitrogens is 4. The van der Waals surface area contributed by atoms with Crippen molar-refractivity contribution in [3.63, 3.8) is 0 Å². The van der Waals surface area contributed by atoms with Crippen molar-refractivity contribution in [3.8, 4) is 0 Å². The second-order valence-corrected chi connectivity index (χ2v) is 14.4. The maximum atomic E-state index is 6.74. The van der Waals surface area contributed by atoms with Gasteiger partial charge >= 0.3 is 0 Å². The lowest BCUT2D eigenvalue weighted by Gasteiger charge is -2.41. The van der Waals surface area contributed by atoms with E-state index in [2.05, 4.69) is 54.1 Å². The van der Waals surface area contributed by atoms with E-state index in [0.717, 1.165) is 17.0 Å². The second kappa shape index (κ2) is 6.02. The van der Waals surface area contributed by atoms with E-state index in [9.17, 15) is 0 Å². The van der Waals surface area contributed by atoms with E-state index in [1.165, 1.54) is 19.3 Å². The largest absolute Gasteiger partial charge is 0.414 e. The van der Waals surface area contributed by atoms with Gasteiger partial charge in [0.1, 0.15) is 11.8 Å². The van der Waals surface area contributed by atoms with Crippen LogP contribution < -0.4 is 5.32 Å². The molecule has 0 amide bonds. The van der Waals surface area contributed by atoms with Crippen LogP contribution in [0, 0.1) is 11.8 Å². The Kier molecular flexibility index (Phi) is 4.15. The molecule has 0 saturated heterocycles. The van der Waals surface area contributed by atoms with Crippen LogP contribution in [0.25, 0.3) is 11.2 Å². The summed E-state index contributed by atoms with van der Waals surface area (Å²) < 4.78 is 8.68. The third-order valence-electron chi connectivity index (χ3n) is 6.86. The van der Waals surface area contributed by atoms with Crippen LogP contribution >= 0.6 is 0 Å². The smallest absolute Gasteiger partial charge is 0.192 e. The average Bonchev–Trinajstić information content (AvgIpc) is 3.21. The third-order valence-corrected chi connectivity index (χ3v) is 11.4. The summed E-state index contributed by atoms with van der Waals surface area (Å²) in [5.74, 6) is 2.21. The van der Waals surface area contributed by atoms with E-state index in [1.807, 2.05) is 11.6 Å². The fourth-order valence-electron chi connectivity index (χ4n) is 4.33. The summed E-state index contributed by atoms with van der Waals surface area (Å²) in [6, 6.07) is 0.472. The van der Waals surface area contributed by atoms with Crippen molar-refractivity contribution in [1.29, 1.82) is 0 Å². The van der Waals surface area contributed by atoms with Gasteiger partial charge in [-0.1, -0.05) is 20.8 Å². The average molecular weight is 374 g/mol. The Hall–Kier alpha value is -1.47. The zero-order valence-electron chi connectivity index (χ0n) is 16.8. The Morgan fingerprint density at radius 1 is 1.12 bits per heavy atom. The first kappa shape index (κ1) is 17.9. The standard InChI is InChI=1S/C19H31N5OSi/c1-19(2,3)26(5,6)25-15-9-12-7-13(15)8-14(12)23-17-16-18(21-10-20-17)24(4)11-22-16/h10-15H,7-9H2,1-6H3,(H,20,21,23). The number of nitrogens with zero attached hydrogens (tertiary/aromatic N) is 4. The minimum atomic E-state index is -1.69. The van der Waals surface area contributed by atoms with Gasteiger partial charge in [-0.15, -0.1) is 0 Å². The van der Waals surface area contributed by atoms with Gasteiger partial charge in [0.25, 0.3) is 0 Å². The van der Waals surface area contributed by atoms with Gasteiger partial charge in [-0.3, -0.25) is 0 Å². The number of rotatable bonds is 4. The molecule has 2 heterocycles. The molecule has 2 fully saturated rings. The monoisotopic (exact) mass is 373 g/mol. The molecule has 2 aromatic rings. The summed E-state index contributed by atoms with van der Waals surface area (Å²) in [7, 11) is 0.274. The van der Waals surface area contributed by atoms with Crippen LogP contribution in [0.3, 0.4) is 0 Å². The van der Waals surface area contributed by atoms with Gasteiger partial charge in [-0.2, -0.15) is 0 Å². The maximum absolute atomic E-state index is 6.74. The van der Waals surface area contributed by atoms with Gasteiger partial charge in [-0.05, 0) is 49.2 Å². The van der Waals surface area contributed by atoms with Crippen molar-refractivity contribution in [3.05, 3.63) is 12.7 Å². The van der Waals surface area contributed by atoms with Crippen molar-refractivity contribution in [2.24, 2.45) is 18.9 Å². The van der Waals surface area contributed by atoms with Crippen molar-refractivity contribution in [2.45, 2.75) is 70.3 Å². The minimum Gasteiger partial charge on any atom is -0.414 e. The molecule has 4 unspecified atom stereocenters. The zero-order valence-corrected chi connectivity index (χ0v) is 17.8. The first-order valence-electron chi connectivity index (χ1n) is 9.72. The summed E-state index contributed by atoms with van der Waals surface area (Å²) in [5, 5.41) is 3.95. The Morgan fingerprint density at radius 2 is 1.88 bits per heavy atom. The number of fused-ring (bicyclic) bond motifs is 3. The summed E-state index contributed by atoms with van der Waals surface area (Å²) in [6.45, 7) is 11.7. The molecule has 142 valence electrons. The normalized spacial score (nSPS) is 28.8. The molecule has 1 N–H and O–H groups in total. The van der Waals surface area contributed by atoms with Crippen LogP contribution in [0.5, 0.6) is 0 Å². The summed E-state index contributed by atoms with van der Waals surface area (Å²) >= 11 is 0.